The summed E-state index contributed by atoms with van der Waals surface area (Å²) in [6, 6.07) is 3.72. The summed E-state index contributed by atoms with van der Waals surface area (Å²) < 4.78 is 6.10. The number of aromatic nitrogens is 1. The summed E-state index contributed by atoms with van der Waals surface area (Å²) >= 11 is 9.18. The van der Waals surface area contributed by atoms with Gasteiger partial charge in [0.05, 0.1) is 11.6 Å². The lowest BCUT2D eigenvalue weighted by Gasteiger charge is -2.22. The topological polar surface area (TPSA) is 34.1 Å². The number of pyridine rings is 1. The Morgan fingerprint density at radius 1 is 1.56 bits per heavy atom. The Hall–Kier alpha value is -0.320. The molecule has 1 saturated heterocycles. The zero-order valence-corrected chi connectivity index (χ0v) is 11.2. The zero-order valence-electron chi connectivity index (χ0n) is 8.88. The summed E-state index contributed by atoms with van der Waals surface area (Å²) in [6.45, 7) is 2.66. The van der Waals surface area contributed by atoms with E-state index in [0.717, 1.165) is 32.0 Å². The third kappa shape index (κ3) is 3.34. The summed E-state index contributed by atoms with van der Waals surface area (Å²) in [5.74, 6) is 1.44. The summed E-state index contributed by atoms with van der Waals surface area (Å²) in [5.41, 5.74) is 0. The summed E-state index contributed by atoms with van der Waals surface area (Å²) in [5, 5.41) is 3.93. The Balaban J connectivity index is 1.86. The van der Waals surface area contributed by atoms with Crippen LogP contribution in [-0.4, -0.2) is 24.7 Å². The molecule has 1 atom stereocenters. The fraction of sp³-hybridized carbons (Fsp3) is 0.545. The quantitative estimate of drug-likeness (QED) is 0.870. The molecule has 0 radical (unpaired) electrons. The van der Waals surface area contributed by atoms with Crippen LogP contribution in [0.3, 0.4) is 0 Å². The van der Waals surface area contributed by atoms with Crippen molar-refractivity contribution in [3.05, 3.63) is 21.8 Å². The van der Waals surface area contributed by atoms with Gasteiger partial charge in [-0.2, -0.15) is 0 Å². The van der Waals surface area contributed by atoms with Gasteiger partial charge in [-0.05, 0) is 46.8 Å². The van der Waals surface area contributed by atoms with Crippen LogP contribution < -0.4 is 5.32 Å². The largest absolute Gasteiger partial charge is 0.381 e. The summed E-state index contributed by atoms with van der Waals surface area (Å²) in [7, 11) is 0. The lowest BCUT2D eigenvalue weighted by Crippen LogP contribution is -2.24. The van der Waals surface area contributed by atoms with Crippen LogP contribution in [0.1, 0.15) is 12.8 Å². The van der Waals surface area contributed by atoms with E-state index in [0.29, 0.717) is 15.5 Å². The molecule has 1 fully saturated rings. The van der Waals surface area contributed by atoms with Crippen molar-refractivity contribution >= 4 is 33.3 Å². The Morgan fingerprint density at radius 3 is 3.12 bits per heavy atom. The lowest BCUT2D eigenvalue weighted by molar-refractivity contribution is 0.0595. The smallest absolute Gasteiger partial charge is 0.127 e. The number of anilines is 1. The second-order valence-electron chi connectivity index (χ2n) is 3.93. The van der Waals surface area contributed by atoms with Gasteiger partial charge in [0.15, 0.2) is 0 Å². The van der Waals surface area contributed by atoms with Crippen molar-refractivity contribution in [3.63, 3.8) is 0 Å². The first-order chi connectivity index (χ1) is 7.75. The van der Waals surface area contributed by atoms with Gasteiger partial charge in [-0.1, -0.05) is 11.6 Å². The molecule has 0 saturated carbocycles. The molecular weight excluding hydrogens is 291 g/mol. The highest BCUT2D eigenvalue weighted by Gasteiger charge is 2.13. The maximum Gasteiger partial charge on any atom is 0.127 e. The maximum absolute atomic E-state index is 5.87. The van der Waals surface area contributed by atoms with E-state index in [4.69, 9.17) is 16.3 Å². The number of nitrogens with zero attached hydrogens (tertiary/aromatic N) is 1. The number of nitrogens with one attached hydrogen (secondary N) is 1. The highest BCUT2D eigenvalue weighted by Crippen LogP contribution is 2.22. The minimum absolute atomic E-state index is 0.588. The fourth-order valence-electron chi connectivity index (χ4n) is 1.73. The van der Waals surface area contributed by atoms with Crippen LogP contribution in [0.25, 0.3) is 0 Å². The Kier molecular flexibility index (Phi) is 4.44. The molecule has 1 aromatic rings. The van der Waals surface area contributed by atoms with E-state index in [1.165, 1.54) is 6.42 Å². The molecule has 3 nitrogen and oxygen atoms in total. The van der Waals surface area contributed by atoms with Crippen molar-refractivity contribution in [1.29, 1.82) is 0 Å². The van der Waals surface area contributed by atoms with Crippen molar-refractivity contribution in [1.82, 2.24) is 4.98 Å². The highest BCUT2D eigenvalue weighted by molar-refractivity contribution is 9.10. The van der Waals surface area contributed by atoms with Gasteiger partial charge in [0.2, 0.25) is 0 Å². The molecule has 1 aromatic heterocycles. The van der Waals surface area contributed by atoms with Crippen LogP contribution in [0.2, 0.25) is 5.02 Å². The molecule has 1 N–H and O–H groups in total. The van der Waals surface area contributed by atoms with Crippen LogP contribution in [0.5, 0.6) is 0 Å². The first kappa shape index (κ1) is 12.1. The number of halogens is 2. The molecule has 5 heteroatoms. The minimum atomic E-state index is 0.588. The maximum atomic E-state index is 5.87. The third-order valence-electron chi connectivity index (χ3n) is 2.63. The average molecular weight is 306 g/mol. The summed E-state index contributed by atoms with van der Waals surface area (Å²) in [4.78, 5) is 4.29. The van der Waals surface area contributed by atoms with Crippen molar-refractivity contribution in [2.75, 3.05) is 25.1 Å². The SMILES string of the molecule is Clc1ccc(NC[C@@H]2CCCOC2)nc1Br. The molecular formula is C11H14BrClN2O. The lowest BCUT2D eigenvalue weighted by atomic mass is 10.0. The number of ether oxygens (including phenoxy) is 1. The van der Waals surface area contributed by atoms with Crippen molar-refractivity contribution in [3.8, 4) is 0 Å². The molecule has 0 bridgehead atoms. The zero-order chi connectivity index (χ0) is 11.4. The van der Waals surface area contributed by atoms with Crippen LogP contribution in [0.15, 0.2) is 16.7 Å². The minimum Gasteiger partial charge on any atom is -0.381 e. The number of hydrogen-bond donors (Lipinski definition) is 1. The molecule has 16 heavy (non-hydrogen) atoms. The van der Waals surface area contributed by atoms with Crippen molar-refractivity contribution in [2.24, 2.45) is 5.92 Å². The average Bonchev–Trinajstić information content (AvgIpc) is 2.32. The van der Waals surface area contributed by atoms with E-state index in [-0.39, 0.29) is 0 Å². The molecule has 0 unspecified atom stereocenters. The molecule has 0 amide bonds. The van der Waals surface area contributed by atoms with Gasteiger partial charge in [-0.15, -0.1) is 0 Å². The van der Waals surface area contributed by atoms with E-state index >= 15 is 0 Å². The Bertz CT molecular complexity index is 356. The molecule has 0 aromatic carbocycles. The molecule has 1 aliphatic heterocycles. The Morgan fingerprint density at radius 2 is 2.44 bits per heavy atom. The number of hydrogen-bond acceptors (Lipinski definition) is 3. The van der Waals surface area contributed by atoms with Gasteiger partial charge in [0.1, 0.15) is 10.4 Å². The van der Waals surface area contributed by atoms with Gasteiger partial charge in [0.25, 0.3) is 0 Å². The van der Waals surface area contributed by atoms with Crippen LogP contribution >= 0.6 is 27.5 Å². The highest BCUT2D eigenvalue weighted by atomic mass is 79.9. The second-order valence-corrected chi connectivity index (χ2v) is 5.09. The monoisotopic (exact) mass is 304 g/mol. The molecule has 1 aliphatic rings. The molecule has 0 aliphatic carbocycles. The van der Waals surface area contributed by atoms with E-state index < -0.39 is 0 Å². The van der Waals surface area contributed by atoms with Gasteiger partial charge in [0, 0.05) is 13.2 Å². The van der Waals surface area contributed by atoms with Crippen LogP contribution in [-0.2, 0) is 4.74 Å². The van der Waals surface area contributed by atoms with Crippen molar-refractivity contribution < 1.29 is 4.74 Å². The fourth-order valence-corrected chi connectivity index (χ4v) is 2.16. The first-order valence-electron chi connectivity index (χ1n) is 5.39. The van der Waals surface area contributed by atoms with Gasteiger partial charge < -0.3 is 10.1 Å². The molecule has 2 rings (SSSR count). The van der Waals surface area contributed by atoms with Gasteiger partial charge >= 0.3 is 0 Å². The normalized spacial score (nSPS) is 20.8. The molecule has 0 spiro atoms. The molecule has 2 heterocycles. The predicted molar refractivity (Wildman–Crippen MR) is 69.0 cm³/mol. The summed E-state index contributed by atoms with van der Waals surface area (Å²) in [6.07, 6.45) is 2.38. The van der Waals surface area contributed by atoms with E-state index in [1.807, 2.05) is 12.1 Å². The second kappa shape index (κ2) is 5.84. The number of rotatable bonds is 3. The first-order valence-corrected chi connectivity index (χ1v) is 6.56. The third-order valence-corrected chi connectivity index (χ3v) is 3.77. The predicted octanol–water partition coefficient (Wildman–Crippen LogP) is 3.34. The van der Waals surface area contributed by atoms with Gasteiger partial charge in [-0.3, -0.25) is 0 Å². The van der Waals surface area contributed by atoms with E-state index in [2.05, 4.69) is 26.2 Å². The standard InChI is InChI=1S/C11H14BrClN2O/c12-11-9(13)3-4-10(15-11)14-6-8-2-1-5-16-7-8/h3-4,8H,1-2,5-7H2,(H,14,15)/t8-/m0/s1. The Labute approximate surface area is 109 Å². The molecule has 88 valence electrons. The van der Waals surface area contributed by atoms with E-state index in [9.17, 15) is 0 Å². The van der Waals surface area contributed by atoms with E-state index in [1.54, 1.807) is 0 Å². The van der Waals surface area contributed by atoms with Crippen LogP contribution in [0, 0.1) is 5.92 Å². The van der Waals surface area contributed by atoms with Crippen molar-refractivity contribution in [2.45, 2.75) is 12.8 Å². The van der Waals surface area contributed by atoms with Crippen LogP contribution in [0.4, 0.5) is 5.82 Å². The van der Waals surface area contributed by atoms with Gasteiger partial charge in [-0.25, -0.2) is 4.98 Å².